The normalized spacial score (nSPS) is 36.2. The minimum Gasteiger partial charge on any atom is -0.480 e. The lowest BCUT2D eigenvalue weighted by Crippen LogP contribution is -2.57. The highest BCUT2D eigenvalue weighted by Crippen LogP contribution is 2.29. The molecule has 0 spiro atoms. The minimum atomic E-state index is -1.48. The zero-order chi connectivity index (χ0) is 16.2. The van der Waals surface area contributed by atoms with E-state index in [9.17, 15) is 25.2 Å². The molecule has 0 saturated carbocycles. The fourth-order valence-corrected chi connectivity index (χ4v) is 3.00. The number of carbonyl (C=O) groups is 1. The van der Waals surface area contributed by atoms with Gasteiger partial charge in [-0.15, -0.1) is 11.8 Å². The molecule has 8 N–H and O–H groups in total. The zero-order valence-corrected chi connectivity index (χ0v) is 12.0. The van der Waals surface area contributed by atoms with E-state index >= 15 is 0 Å². The van der Waals surface area contributed by atoms with Crippen LogP contribution in [0.5, 0.6) is 0 Å². The maximum absolute atomic E-state index is 10.6. The highest BCUT2D eigenvalue weighted by Gasteiger charge is 2.43. The average molecular weight is 327 g/mol. The second kappa shape index (κ2) is 8.25. The van der Waals surface area contributed by atoms with Gasteiger partial charge in [-0.1, -0.05) is 0 Å². The van der Waals surface area contributed by atoms with Crippen molar-refractivity contribution in [1.29, 1.82) is 0 Å². The molecule has 0 aliphatic carbocycles. The second-order valence-corrected chi connectivity index (χ2v) is 6.00. The monoisotopic (exact) mass is 327 g/mol. The van der Waals surface area contributed by atoms with Gasteiger partial charge in [0.2, 0.25) is 0 Å². The lowest BCUT2D eigenvalue weighted by Gasteiger charge is -2.39. The molecule has 1 heterocycles. The van der Waals surface area contributed by atoms with E-state index < -0.39 is 54.6 Å². The molecule has 1 aliphatic heterocycles. The van der Waals surface area contributed by atoms with Crippen LogP contribution in [0.2, 0.25) is 0 Å². The van der Waals surface area contributed by atoms with E-state index in [0.29, 0.717) is 0 Å². The van der Waals surface area contributed by atoms with Gasteiger partial charge in [-0.05, 0) is 6.42 Å². The van der Waals surface area contributed by atoms with Crippen molar-refractivity contribution in [1.82, 2.24) is 0 Å². The molecule has 0 aromatic rings. The highest BCUT2D eigenvalue weighted by molar-refractivity contribution is 7.99. The lowest BCUT2D eigenvalue weighted by molar-refractivity contribution is -0.205. The average Bonchev–Trinajstić information content (AvgIpc) is 2.44. The summed E-state index contributed by atoms with van der Waals surface area (Å²) in [6.45, 7) is -0.533. The maximum atomic E-state index is 10.6. The Kier molecular flexibility index (Phi) is 7.30. The van der Waals surface area contributed by atoms with Gasteiger partial charge in [0.15, 0.2) is 0 Å². The van der Waals surface area contributed by atoms with Crippen molar-refractivity contribution in [3.63, 3.8) is 0 Å². The molecule has 21 heavy (non-hydrogen) atoms. The molecule has 0 amide bonds. The predicted molar refractivity (Wildman–Crippen MR) is 72.5 cm³/mol. The first-order chi connectivity index (χ1) is 9.77. The van der Waals surface area contributed by atoms with Crippen LogP contribution >= 0.6 is 11.8 Å². The summed E-state index contributed by atoms with van der Waals surface area (Å²) in [7, 11) is 0. The number of aliphatic carboxylic acids is 1. The molecule has 1 aliphatic rings. The van der Waals surface area contributed by atoms with Gasteiger partial charge in [0, 0.05) is 5.75 Å². The predicted octanol–water partition coefficient (Wildman–Crippen LogP) is -3.32. The van der Waals surface area contributed by atoms with Crippen molar-refractivity contribution in [2.75, 3.05) is 12.4 Å². The third-order valence-electron chi connectivity index (χ3n) is 3.14. The highest BCUT2D eigenvalue weighted by atomic mass is 32.2. The molecule has 0 aromatic heterocycles. The Morgan fingerprint density at radius 1 is 1.24 bits per heavy atom. The number of hydrogen-bond donors (Lipinski definition) is 7. The van der Waals surface area contributed by atoms with Crippen LogP contribution in [0.15, 0.2) is 0 Å². The van der Waals surface area contributed by atoms with Gasteiger partial charge in [0.1, 0.15) is 35.9 Å². The number of aliphatic hydroxyl groups excluding tert-OH is 5. The molecular weight excluding hydrogens is 306 g/mol. The fourth-order valence-electron chi connectivity index (χ4n) is 1.87. The largest absolute Gasteiger partial charge is 0.480 e. The summed E-state index contributed by atoms with van der Waals surface area (Å²) in [4.78, 5) is 10.6. The summed E-state index contributed by atoms with van der Waals surface area (Å²) < 4.78 is 5.23. The SMILES string of the molecule is N[C@@H](C[C@H](O)CS[C@@H]1O[C@H](CO)[C@@H](O)[C@H](O)[C@H]1O)C(=O)O. The van der Waals surface area contributed by atoms with Crippen molar-refractivity contribution in [2.24, 2.45) is 5.73 Å². The number of rotatable bonds is 7. The van der Waals surface area contributed by atoms with Crippen LogP contribution in [0.1, 0.15) is 6.42 Å². The Morgan fingerprint density at radius 2 is 1.86 bits per heavy atom. The number of carboxylic acid groups (broad SMARTS) is 1. The molecule has 1 saturated heterocycles. The lowest BCUT2D eigenvalue weighted by atomic mass is 10.0. The van der Waals surface area contributed by atoms with E-state index in [1.165, 1.54) is 0 Å². The summed E-state index contributed by atoms with van der Waals surface area (Å²) >= 11 is 0.939. The van der Waals surface area contributed by atoms with Crippen LogP contribution < -0.4 is 5.73 Å². The Bertz CT molecular complexity index is 344. The molecule has 1 fully saturated rings. The van der Waals surface area contributed by atoms with Crippen LogP contribution in [-0.2, 0) is 9.53 Å². The van der Waals surface area contributed by atoms with Crippen molar-refractivity contribution in [3.05, 3.63) is 0 Å². The van der Waals surface area contributed by atoms with Gasteiger partial charge >= 0.3 is 5.97 Å². The Balaban J connectivity index is 2.48. The van der Waals surface area contributed by atoms with E-state index in [1.807, 2.05) is 0 Å². The number of thioether (sulfide) groups is 1. The van der Waals surface area contributed by atoms with Crippen LogP contribution in [0.25, 0.3) is 0 Å². The summed E-state index contributed by atoms with van der Waals surface area (Å²) in [6, 6.07) is -1.20. The van der Waals surface area contributed by atoms with Gasteiger partial charge < -0.3 is 41.1 Å². The van der Waals surface area contributed by atoms with Crippen molar-refractivity contribution >= 4 is 17.7 Å². The fraction of sp³-hybridized carbons (Fsp3) is 0.909. The number of ether oxygens (including phenoxy) is 1. The summed E-state index contributed by atoms with van der Waals surface area (Å²) in [5, 5.41) is 56.3. The molecule has 0 bridgehead atoms. The molecule has 10 heteroatoms. The zero-order valence-electron chi connectivity index (χ0n) is 11.1. The topological polar surface area (TPSA) is 174 Å². The maximum Gasteiger partial charge on any atom is 0.320 e. The molecule has 7 atom stereocenters. The first-order valence-corrected chi connectivity index (χ1v) is 7.41. The van der Waals surface area contributed by atoms with Crippen molar-refractivity contribution < 1.29 is 40.2 Å². The van der Waals surface area contributed by atoms with Gasteiger partial charge in [-0.2, -0.15) is 0 Å². The Labute approximate surface area is 125 Å². The standard InChI is InChI=1S/C11H21NO8S/c12-5(10(18)19)1-4(14)3-21-11-9(17)8(16)7(15)6(2-13)20-11/h4-9,11,13-17H,1-3,12H2,(H,18,19)/t4-,5-,6+,7+,8-,9+,11-/m0/s1. The second-order valence-electron chi connectivity index (χ2n) is 4.86. The van der Waals surface area contributed by atoms with Crippen molar-refractivity contribution in [3.8, 4) is 0 Å². The number of carboxylic acids is 1. The van der Waals surface area contributed by atoms with Crippen LogP contribution in [0, 0.1) is 0 Å². The Morgan fingerprint density at radius 3 is 2.38 bits per heavy atom. The molecule has 0 unspecified atom stereocenters. The smallest absolute Gasteiger partial charge is 0.320 e. The van der Waals surface area contributed by atoms with Gasteiger partial charge in [0.05, 0.1) is 12.7 Å². The number of nitrogens with two attached hydrogens (primary N) is 1. The minimum absolute atomic E-state index is 0.0175. The number of aliphatic hydroxyl groups is 5. The van der Waals surface area contributed by atoms with Gasteiger partial charge in [-0.3, -0.25) is 4.79 Å². The quantitative estimate of drug-likeness (QED) is 0.251. The van der Waals surface area contributed by atoms with E-state index in [0.717, 1.165) is 11.8 Å². The van der Waals surface area contributed by atoms with E-state index in [1.54, 1.807) is 0 Å². The molecular formula is C11H21NO8S. The molecule has 0 aromatic carbocycles. The summed E-state index contributed by atoms with van der Waals surface area (Å²) in [6.07, 6.45) is -6.53. The van der Waals surface area contributed by atoms with E-state index in [2.05, 4.69) is 0 Å². The van der Waals surface area contributed by atoms with Crippen LogP contribution in [-0.4, -0.2) is 91.0 Å². The first-order valence-electron chi connectivity index (χ1n) is 6.36. The van der Waals surface area contributed by atoms with Crippen molar-refractivity contribution in [2.45, 2.75) is 48.4 Å². The van der Waals surface area contributed by atoms with Crippen LogP contribution in [0.3, 0.4) is 0 Å². The Hall–Kier alpha value is -0.460. The molecule has 1 rings (SSSR count). The van der Waals surface area contributed by atoms with Gasteiger partial charge in [0.25, 0.3) is 0 Å². The van der Waals surface area contributed by atoms with Crippen LogP contribution in [0.4, 0.5) is 0 Å². The number of hydrogen-bond acceptors (Lipinski definition) is 9. The van der Waals surface area contributed by atoms with E-state index in [-0.39, 0.29) is 12.2 Å². The summed E-state index contributed by atoms with van der Waals surface area (Å²) in [5.74, 6) is -1.21. The first kappa shape index (κ1) is 18.6. The third-order valence-corrected chi connectivity index (χ3v) is 4.44. The molecule has 9 nitrogen and oxygen atoms in total. The third kappa shape index (κ3) is 5.04. The molecule has 124 valence electrons. The molecule has 0 radical (unpaired) electrons. The van der Waals surface area contributed by atoms with E-state index in [4.69, 9.17) is 20.7 Å². The summed E-state index contributed by atoms with van der Waals surface area (Å²) in [5.41, 5.74) is 4.32. The van der Waals surface area contributed by atoms with Gasteiger partial charge in [-0.25, -0.2) is 0 Å².